The number of ether oxygens (including phenoxy) is 1. The molecule has 3 heteroatoms. The Kier molecular flexibility index (Phi) is 16.2. The number of aliphatic hydroxyl groups is 1. The normalized spacial score (nSPS) is 11.0. The zero-order chi connectivity index (χ0) is 17.2. The van der Waals surface area contributed by atoms with Crippen LogP contribution in [0, 0.1) is 0 Å². The minimum atomic E-state index is -0.511. The van der Waals surface area contributed by atoms with Crippen molar-refractivity contribution in [3.05, 3.63) is 24.7 Å². The van der Waals surface area contributed by atoms with Gasteiger partial charge in [0, 0.05) is 6.42 Å². The molecule has 0 bridgehead atoms. The third-order valence-corrected chi connectivity index (χ3v) is 3.87. The van der Waals surface area contributed by atoms with Crippen molar-refractivity contribution in [2.75, 3.05) is 0 Å². The SMILES string of the molecule is C=C(O)OC(=O)CCCCCCC/C=C\CCCCCCCC. The van der Waals surface area contributed by atoms with Gasteiger partial charge in [0.05, 0.1) is 0 Å². The minimum Gasteiger partial charge on any atom is -0.481 e. The molecule has 3 nitrogen and oxygen atoms in total. The lowest BCUT2D eigenvalue weighted by Crippen LogP contribution is -2.02. The van der Waals surface area contributed by atoms with E-state index in [4.69, 9.17) is 5.11 Å². The van der Waals surface area contributed by atoms with Crippen molar-refractivity contribution in [2.24, 2.45) is 0 Å². The van der Waals surface area contributed by atoms with Crippen LogP contribution in [0.3, 0.4) is 0 Å². The van der Waals surface area contributed by atoms with Gasteiger partial charge in [-0.2, -0.15) is 0 Å². The van der Waals surface area contributed by atoms with Crippen LogP contribution in [0.25, 0.3) is 0 Å². The second-order valence-corrected chi connectivity index (χ2v) is 6.20. The third-order valence-electron chi connectivity index (χ3n) is 3.87. The van der Waals surface area contributed by atoms with Gasteiger partial charge in [-0.15, -0.1) is 0 Å². The van der Waals surface area contributed by atoms with E-state index in [1.807, 2.05) is 0 Å². The average molecular weight is 325 g/mol. The fourth-order valence-electron chi connectivity index (χ4n) is 2.52. The van der Waals surface area contributed by atoms with E-state index in [-0.39, 0.29) is 0 Å². The quantitative estimate of drug-likeness (QED) is 0.151. The van der Waals surface area contributed by atoms with Crippen molar-refractivity contribution in [3.63, 3.8) is 0 Å². The van der Waals surface area contributed by atoms with Gasteiger partial charge in [0.1, 0.15) is 0 Å². The molecule has 0 spiro atoms. The van der Waals surface area contributed by atoms with Crippen molar-refractivity contribution in [2.45, 2.75) is 96.8 Å². The number of esters is 1. The summed E-state index contributed by atoms with van der Waals surface area (Å²) in [7, 11) is 0. The van der Waals surface area contributed by atoms with E-state index in [9.17, 15) is 4.79 Å². The highest BCUT2D eigenvalue weighted by molar-refractivity contribution is 5.70. The molecule has 0 heterocycles. The predicted octanol–water partition coefficient (Wildman–Crippen LogP) is 6.60. The van der Waals surface area contributed by atoms with Crippen LogP contribution in [0.5, 0.6) is 0 Å². The van der Waals surface area contributed by atoms with Gasteiger partial charge in [0.25, 0.3) is 5.95 Å². The molecule has 0 aliphatic rings. The Labute approximate surface area is 142 Å². The molecule has 0 aliphatic carbocycles. The average Bonchev–Trinajstić information content (AvgIpc) is 2.50. The van der Waals surface area contributed by atoms with E-state index in [0.29, 0.717) is 6.42 Å². The highest BCUT2D eigenvalue weighted by Crippen LogP contribution is 2.10. The summed E-state index contributed by atoms with van der Waals surface area (Å²) in [6, 6.07) is 0. The number of carbonyl (C=O) groups is 1. The first-order chi connectivity index (χ1) is 11.2. The van der Waals surface area contributed by atoms with Crippen LogP contribution >= 0.6 is 0 Å². The van der Waals surface area contributed by atoms with Crippen molar-refractivity contribution in [1.82, 2.24) is 0 Å². The number of allylic oxidation sites excluding steroid dienone is 2. The summed E-state index contributed by atoms with van der Waals surface area (Å²) in [4.78, 5) is 11.1. The molecule has 0 saturated heterocycles. The third kappa shape index (κ3) is 18.7. The number of rotatable bonds is 16. The Bertz CT molecular complexity index is 321. The minimum absolute atomic E-state index is 0.359. The second-order valence-electron chi connectivity index (χ2n) is 6.20. The molecule has 0 aromatic carbocycles. The van der Waals surface area contributed by atoms with Crippen molar-refractivity contribution >= 4 is 5.97 Å². The summed E-state index contributed by atoms with van der Waals surface area (Å²) >= 11 is 0. The van der Waals surface area contributed by atoms with Gasteiger partial charge < -0.3 is 9.84 Å². The summed E-state index contributed by atoms with van der Waals surface area (Å²) in [5, 5.41) is 8.70. The lowest BCUT2D eigenvalue weighted by Gasteiger charge is -2.02. The molecule has 0 rings (SSSR count). The van der Waals surface area contributed by atoms with E-state index in [2.05, 4.69) is 30.4 Å². The highest BCUT2D eigenvalue weighted by Gasteiger charge is 2.03. The Morgan fingerprint density at radius 3 is 1.87 bits per heavy atom. The van der Waals surface area contributed by atoms with Crippen molar-refractivity contribution < 1.29 is 14.6 Å². The maximum atomic E-state index is 11.1. The molecule has 23 heavy (non-hydrogen) atoms. The lowest BCUT2D eigenvalue weighted by molar-refractivity contribution is -0.143. The van der Waals surface area contributed by atoms with Crippen molar-refractivity contribution in [1.29, 1.82) is 0 Å². The first-order valence-corrected chi connectivity index (χ1v) is 9.40. The molecule has 0 radical (unpaired) electrons. The first-order valence-electron chi connectivity index (χ1n) is 9.40. The molecule has 0 aliphatic heterocycles. The maximum Gasteiger partial charge on any atom is 0.313 e. The number of hydrogen-bond acceptors (Lipinski definition) is 3. The first kappa shape index (κ1) is 21.8. The fraction of sp³-hybridized carbons (Fsp3) is 0.750. The monoisotopic (exact) mass is 324 g/mol. The number of unbranched alkanes of at least 4 members (excludes halogenated alkanes) is 11. The van der Waals surface area contributed by atoms with Crippen LogP contribution in [0.4, 0.5) is 0 Å². The van der Waals surface area contributed by atoms with Gasteiger partial charge in [-0.1, -0.05) is 70.4 Å². The van der Waals surface area contributed by atoms with E-state index in [1.165, 1.54) is 64.2 Å². The Morgan fingerprint density at radius 2 is 1.35 bits per heavy atom. The molecule has 0 unspecified atom stereocenters. The fourth-order valence-corrected chi connectivity index (χ4v) is 2.52. The standard InChI is InChI=1S/C20H36O3/c1-3-4-5-6-7-8-9-10-11-12-13-14-15-16-17-18-20(22)23-19(2)21/h10-11,21H,2-9,12-18H2,1H3/b11-10-. The van der Waals surface area contributed by atoms with Crippen LogP contribution in [0.1, 0.15) is 96.8 Å². The lowest BCUT2D eigenvalue weighted by atomic mass is 10.1. The van der Waals surface area contributed by atoms with Gasteiger partial charge in [-0.05, 0) is 38.7 Å². The van der Waals surface area contributed by atoms with Gasteiger partial charge in [-0.3, -0.25) is 4.79 Å². The number of hydrogen-bond donors (Lipinski definition) is 1. The summed E-state index contributed by atoms with van der Waals surface area (Å²) in [5.74, 6) is -0.905. The summed E-state index contributed by atoms with van der Waals surface area (Å²) in [6.07, 6.45) is 21.0. The van der Waals surface area contributed by atoms with E-state index >= 15 is 0 Å². The molecule has 0 amide bonds. The van der Waals surface area contributed by atoms with Crippen LogP contribution in [0.2, 0.25) is 0 Å². The van der Waals surface area contributed by atoms with Gasteiger partial charge in [0.15, 0.2) is 0 Å². The van der Waals surface area contributed by atoms with E-state index < -0.39 is 11.9 Å². The maximum absolute atomic E-state index is 11.1. The summed E-state index contributed by atoms with van der Waals surface area (Å²) in [6.45, 7) is 5.38. The van der Waals surface area contributed by atoms with Crippen LogP contribution in [-0.2, 0) is 9.53 Å². The van der Waals surface area contributed by atoms with Gasteiger partial charge in [-0.25, -0.2) is 0 Å². The molecule has 134 valence electrons. The second kappa shape index (κ2) is 17.1. The Balaban J connectivity index is 3.19. The molecular formula is C20H36O3. The zero-order valence-corrected chi connectivity index (χ0v) is 15.0. The molecule has 0 fully saturated rings. The molecule has 1 N–H and O–H groups in total. The molecule has 0 saturated carbocycles. The predicted molar refractivity (Wildman–Crippen MR) is 97.3 cm³/mol. The number of carbonyl (C=O) groups excluding carboxylic acids is 1. The molecule has 0 aromatic heterocycles. The van der Waals surface area contributed by atoms with Crippen LogP contribution < -0.4 is 0 Å². The van der Waals surface area contributed by atoms with Crippen LogP contribution in [-0.4, -0.2) is 11.1 Å². The number of aliphatic hydroxyl groups excluding tert-OH is 1. The smallest absolute Gasteiger partial charge is 0.313 e. The topological polar surface area (TPSA) is 46.5 Å². The highest BCUT2D eigenvalue weighted by atomic mass is 16.6. The molecule has 0 atom stereocenters. The molecule has 0 aromatic rings. The van der Waals surface area contributed by atoms with Crippen LogP contribution in [0.15, 0.2) is 24.7 Å². The van der Waals surface area contributed by atoms with Gasteiger partial charge >= 0.3 is 5.97 Å². The Hall–Kier alpha value is -1.25. The summed E-state index contributed by atoms with van der Waals surface area (Å²) in [5.41, 5.74) is 0. The van der Waals surface area contributed by atoms with E-state index in [0.717, 1.165) is 19.3 Å². The van der Waals surface area contributed by atoms with Gasteiger partial charge in [0.2, 0.25) is 0 Å². The molecular weight excluding hydrogens is 288 g/mol. The zero-order valence-electron chi connectivity index (χ0n) is 15.0. The van der Waals surface area contributed by atoms with E-state index in [1.54, 1.807) is 0 Å². The Morgan fingerprint density at radius 1 is 0.870 bits per heavy atom. The van der Waals surface area contributed by atoms with Crippen molar-refractivity contribution in [3.8, 4) is 0 Å². The summed E-state index contributed by atoms with van der Waals surface area (Å²) < 4.78 is 4.48. The largest absolute Gasteiger partial charge is 0.481 e.